The molecule has 5 heteroatoms. The lowest BCUT2D eigenvalue weighted by Crippen LogP contribution is -2.08. The fraction of sp³-hybridized carbons (Fsp3) is 1.00. The van der Waals surface area contributed by atoms with E-state index in [1.54, 1.807) is 0 Å². The summed E-state index contributed by atoms with van der Waals surface area (Å²) in [7, 11) is 1.79. The van der Waals surface area contributed by atoms with E-state index in [4.69, 9.17) is 15.4 Å². The number of ether oxygens (including phenoxy) is 1. The molecule has 0 atom stereocenters. The van der Waals surface area contributed by atoms with Crippen LogP contribution in [0.4, 0.5) is 0 Å². The Morgan fingerprint density at radius 2 is 1.80 bits per heavy atom. The molecule has 1 aliphatic carbocycles. The number of halogens is 1. The summed E-state index contributed by atoms with van der Waals surface area (Å²) in [5.41, 5.74) is 0. The average molecular weight is 255 g/mol. The summed E-state index contributed by atoms with van der Waals surface area (Å²) in [5, 5.41) is 0. The quantitative estimate of drug-likeness (QED) is 0.518. The monoisotopic (exact) mass is 254 g/mol. The van der Waals surface area contributed by atoms with E-state index in [9.17, 15) is 8.42 Å². The van der Waals surface area contributed by atoms with Crippen molar-refractivity contribution >= 4 is 19.7 Å². The van der Waals surface area contributed by atoms with Crippen molar-refractivity contribution in [3.8, 4) is 0 Å². The van der Waals surface area contributed by atoms with Gasteiger partial charge in [-0.3, -0.25) is 0 Å². The predicted octanol–water partition coefficient (Wildman–Crippen LogP) is 2.68. The van der Waals surface area contributed by atoms with Gasteiger partial charge >= 0.3 is 0 Å². The molecule has 0 spiro atoms. The van der Waals surface area contributed by atoms with Gasteiger partial charge in [0.2, 0.25) is 9.05 Å². The number of rotatable bonds is 7. The van der Waals surface area contributed by atoms with Gasteiger partial charge in [-0.1, -0.05) is 19.3 Å². The Hall–Kier alpha value is 0.200. The first-order valence-corrected chi connectivity index (χ1v) is 8.10. The molecule has 0 aromatic rings. The molecule has 0 unspecified atom stereocenters. The largest absolute Gasteiger partial charge is 0.378 e. The molecule has 0 heterocycles. The standard InChI is InChI=1S/C10H19ClO3S/c11-15(12,13)9-5-1-4-8-14-10-6-2-3-7-10/h10H,1-9H2. The maximum Gasteiger partial charge on any atom is 0.232 e. The molecule has 1 saturated carbocycles. The van der Waals surface area contributed by atoms with Gasteiger partial charge in [0.1, 0.15) is 0 Å². The van der Waals surface area contributed by atoms with Crippen LogP contribution < -0.4 is 0 Å². The molecule has 0 aromatic heterocycles. The highest BCUT2D eigenvalue weighted by Gasteiger charge is 2.14. The van der Waals surface area contributed by atoms with Gasteiger partial charge in [0.05, 0.1) is 11.9 Å². The molecule has 0 bridgehead atoms. The van der Waals surface area contributed by atoms with Crippen molar-refractivity contribution in [3.05, 3.63) is 0 Å². The Morgan fingerprint density at radius 3 is 2.40 bits per heavy atom. The van der Waals surface area contributed by atoms with Gasteiger partial charge in [-0.05, 0) is 25.7 Å². The summed E-state index contributed by atoms with van der Waals surface area (Å²) in [4.78, 5) is 0. The smallest absolute Gasteiger partial charge is 0.232 e. The first-order chi connectivity index (χ1) is 7.08. The van der Waals surface area contributed by atoms with E-state index in [0.717, 1.165) is 19.4 Å². The van der Waals surface area contributed by atoms with Crippen LogP contribution in [0.2, 0.25) is 0 Å². The molecule has 0 amide bonds. The lowest BCUT2D eigenvalue weighted by Gasteiger charge is -2.10. The van der Waals surface area contributed by atoms with E-state index in [0.29, 0.717) is 12.5 Å². The fourth-order valence-corrected chi connectivity index (χ4v) is 2.73. The van der Waals surface area contributed by atoms with Crippen LogP contribution in [0.25, 0.3) is 0 Å². The van der Waals surface area contributed by atoms with E-state index in [1.165, 1.54) is 25.7 Å². The first-order valence-electron chi connectivity index (χ1n) is 5.62. The lowest BCUT2D eigenvalue weighted by atomic mass is 10.2. The first kappa shape index (κ1) is 13.3. The van der Waals surface area contributed by atoms with Gasteiger partial charge in [0.25, 0.3) is 0 Å². The number of hydrogen-bond donors (Lipinski definition) is 0. The summed E-state index contributed by atoms with van der Waals surface area (Å²) < 4.78 is 26.9. The minimum atomic E-state index is -3.30. The molecule has 90 valence electrons. The van der Waals surface area contributed by atoms with Crippen LogP contribution in [0.5, 0.6) is 0 Å². The number of hydrogen-bond acceptors (Lipinski definition) is 3. The second kappa shape index (κ2) is 6.71. The summed E-state index contributed by atoms with van der Waals surface area (Å²) in [6.45, 7) is 0.757. The molecule has 1 rings (SSSR count). The van der Waals surface area contributed by atoms with Crippen molar-refractivity contribution in [1.29, 1.82) is 0 Å². The topological polar surface area (TPSA) is 43.4 Å². The summed E-state index contributed by atoms with van der Waals surface area (Å²) in [5.74, 6) is 0.0813. The van der Waals surface area contributed by atoms with Crippen LogP contribution in [-0.4, -0.2) is 26.9 Å². The Labute approximate surface area is 96.6 Å². The number of unbranched alkanes of at least 4 members (excludes halogenated alkanes) is 2. The normalized spacial score (nSPS) is 18.5. The van der Waals surface area contributed by atoms with Crippen LogP contribution in [-0.2, 0) is 13.8 Å². The molecule has 0 N–H and O–H groups in total. The zero-order valence-electron chi connectivity index (χ0n) is 8.95. The van der Waals surface area contributed by atoms with Gasteiger partial charge in [0, 0.05) is 17.3 Å². The molecule has 0 saturated heterocycles. The lowest BCUT2D eigenvalue weighted by molar-refractivity contribution is 0.0559. The molecule has 1 fully saturated rings. The van der Waals surface area contributed by atoms with E-state index in [2.05, 4.69) is 0 Å². The third kappa shape index (κ3) is 7.14. The van der Waals surface area contributed by atoms with Crippen molar-refractivity contribution in [2.75, 3.05) is 12.4 Å². The zero-order valence-corrected chi connectivity index (χ0v) is 10.5. The highest BCUT2D eigenvalue weighted by atomic mass is 35.7. The Kier molecular flexibility index (Phi) is 5.94. The van der Waals surface area contributed by atoms with Crippen molar-refractivity contribution in [2.24, 2.45) is 0 Å². The summed E-state index contributed by atoms with van der Waals surface area (Å²) in [6, 6.07) is 0. The van der Waals surface area contributed by atoms with E-state index < -0.39 is 9.05 Å². The van der Waals surface area contributed by atoms with Gasteiger partial charge in [-0.2, -0.15) is 0 Å². The zero-order chi connectivity index (χ0) is 11.1. The van der Waals surface area contributed by atoms with Crippen LogP contribution >= 0.6 is 10.7 Å². The van der Waals surface area contributed by atoms with Gasteiger partial charge in [-0.15, -0.1) is 0 Å². The van der Waals surface area contributed by atoms with Crippen molar-refractivity contribution in [3.63, 3.8) is 0 Å². The van der Waals surface area contributed by atoms with Crippen LogP contribution in [0.1, 0.15) is 44.9 Å². The Morgan fingerprint density at radius 1 is 1.13 bits per heavy atom. The van der Waals surface area contributed by atoms with Gasteiger partial charge < -0.3 is 4.74 Å². The molecular weight excluding hydrogens is 236 g/mol. The van der Waals surface area contributed by atoms with E-state index in [-0.39, 0.29) is 5.75 Å². The molecule has 0 aliphatic heterocycles. The predicted molar refractivity (Wildman–Crippen MR) is 61.7 cm³/mol. The second-order valence-electron chi connectivity index (χ2n) is 4.08. The van der Waals surface area contributed by atoms with E-state index in [1.807, 2.05) is 0 Å². The van der Waals surface area contributed by atoms with Gasteiger partial charge in [-0.25, -0.2) is 8.42 Å². The van der Waals surface area contributed by atoms with Crippen LogP contribution in [0, 0.1) is 0 Å². The SMILES string of the molecule is O=S(=O)(Cl)CCCCCOC1CCCC1. The minimum absolute atomic E-state index is 0.0813. The highest BCUT2D eigenvalue weighted by Crippen LogP contribution is 2.21. The minimum Gasteiger partial charge on any atom is -0.378 e. The molecule has 1 aliphatic rings. The molecule has 0 radical (unpaired) electrons. The molecular formula is C10H19ClO3S. The second-order valence-corrected chi connectivity index (χ2v) is 6.98. The van der Waals surface area contributed by atoms with Crippen LogP contribution in [0.3, 0.4) is 0 Å². The summed E-state index contributed by atoms with van der Waals surface area (Å²) >= 11 is 0. The summed E-state index contributed by atoms with van der Waals surface area (Å²) in [6.07, 6.45) is 7.86. The Balaban J connectivity index is 1.89. The maximum absolute atomic E-state index is 10.6. The molecule has 0 aromatic carbocycles. The maximum atomic E-state index is 10.6. The third-order valence-corrected chi connectivity index (χ3v) is 3.93. The van der Waals surface area contributed by atoms with Crippen molar-refractivity contribution < 1.29 is 13.2 Å². The van der Waals surface area contributed by atoms with Crippen LogP contribution in [0.15, 0.2) is 0 Å². The fourth-order valence-electron chi connectivity index (χ4n) is 1.86. The average Bonchev–Trinajstić information content (AvgIpc) is 2.61. The molecule has 3 nitrogen and oxygen atoms in total. The van der Waals surface area contributed by atoms with Gasteiger partial charge in [0.15, 0.2) is 0 Å². The highest BCUT2D eigenvalue weighted by molar-refractivity contribution is 8.13. The molecule has 15 heavy (non-hydrogen) atoms. The van der Waals surface area contributed by atoms with Crippen molar-refractivity contribution in [2.45, 2.75) is 51.0 Å². The van der Waals surface area contributed by atoms with Crippen molar-refractivity contribution in [1.82, 2.24) is 0 Å². The van der Waals surface area contributed by atoms with E-state index >= 15 is 0 Å². The Bertz CT molecular complexity index is 258. The third-order valence-electron chi connectivity index (χ3n) is 2.69.